The molecule has 114 valence electrons. The summed E-state index contributed by atoms with van der Waals surface area (Å²) in [4.78, 5) is 11.7. The molecule has 3 nitrogen and oxygen atoms in total. The molecule has 0 heterocycles. The summed E-state index contributed by atoms with van der Waals surface area (Å²) in [5.74, 6) is 0.681. The van der Waals surface area contributed by atoms with Crippen LogP contribution in [0.5, 0.6) is 5.75 Å². The largest absolute Gasteiger partial charge is 0.497 e. The van der Waals surface area contributed by atoms with Gasteiger partial charge in [-0.15, -0.1) is 0 Å². The van der Waals surface area contributed by atoms with Gasteiger partial charge < -0.3 is 10.1 Å². The highest BCUT2D eigenvalue weighted by Gasteiger charge is 1.98. The van der Waals surface area contributed by atoms with Gasteiger partial charge in [0.05, 0.1) is 7.11 Å². The van der Waals surface area contributed by atoms with Gasteiger partial charge in [-0.25, -0.2) is 0 Å². The van der Waals surface area contributed by atoms with Crippen LogP contribution < -0.4 is 10.1 Å². The Morgan fingerprint density at radius 1 is 1.23 bits per heavy atom. The maximum atomic E-state index is 11.7. The summed E-state index contributed by atoms with van der Waals surface area (Å²) in [6.45, 7) is 0.576. The van der Waals surface area contributed by atoms with E-state index in [9.17, 15) is 4.79 Å². The standard InChI is InChI=1S/C18H18ClNO2/c1-22-17-8-5-14(6-9-17)7-10-18(21)20-12-11-15-3-2-4-16(19)13-15/h2-10,13H,11-12H2,1H3,(H,20,21)/b10-7+. The Morgan fingerprint density at radius 3 is 2.68 bits per heavy atom. The fourth-order valence-corrected chi connectivity index (χ4v) is 2.18. The van der Waals surface area contributed by atoms with Crippen LogP contribution >= 0.6 is 11.6 Å². The number of hydrogen-bond donors (Lipinski definition) is 1. The summed E-state index contributed by atoms with van der Waals surface area (Å²) in [7, 11) is 1.62. The van der Waals surface area contributed by atoms with Gasteiger partial charge in [-0.2, -0.15) is 0 Å². The van der Waals surface area contributed by atoms with Crippen LogP contribution in [0, 0.1) is 0 Å². The Morgan fingerprint density at radius 2 is 2.00 bits per heavy atom. The first-order valence-electron chi connectivity index (χ1n) is 7.02. The molecule has 0 saturated heterocycles. The molecule has 2 aromatic rings. The number of rotatable bonds is 6. The van der Waals surface area contributed by atoms with Gasteiger partial charge in [0.15, 0.2) is 0 Å². The van der Waals surface area contributed by atoms with Crippen LogP contribution in [0.15, 0.2) is 54.6 Å². The zero-order valence-electron chi connectivity index (χ0n) is 12.4. The number of methoxy groups -OCH3 is 1. The van der Waals surface area contributed by atoms with E-state index in [2.05, 4.69) is 5.32 Å². The molecule has 1 N–H and O–H groups in total. The molecular formula is C18H18ClNO2. The third kappa shape index (κ3) is 5.26. The van der Waals surface area contributed by atoms with Crippen LogP contribution in [0.4, 0.5) is 0 Å². The van der Waals surface area contributed by atoms with Crippen LogP contribution in [-0.2, 0) is 11.2 Å². The van der Waals surface area contributed by atoms with Gasteiger partial charge in [-0.3, -0.25) is 4.79 Å². The molecule has 0 radical (unpaired) electrons. The van der Waals surface area contributed by atoms with Crippen LogP contribution in [0.25, 0.3) is 6.08 Å². The third-order valence-corrected chi connectivity index (χ3v) is 3.38. The van der Waals surface area contributed by atoms with Crippen molar-refractivity contribution in [3.05, 3.63) is 70.8 Å². The molecule has 2 rings (SSSR count). The normalized spacial score (nSPS) is 10.6. The molecule has 0 unspecified atom stereocenters. The van der Waals surface area contributed by atoms with Crippen molar-refractivity contribution in [1.82, 2.24) is 5.32 Å². The second-order valence-electron chi connectivity index (χ2n) is 4.78. The molecule has 0 aliphatic rings. The summed E-state index contributed by atoms with van der Waals surface area (Å²) in [6.07, 6.45) is 4.05. The minimum Gasteiger partial charge on any atom is -0.497 e. The van der Waals surface area contributed by atoms with Gasteiger partial charge in [-0.05, 0) is 47.9 Å². The fraction of sp³-hybridized carbons (Fsp3) is 0.167. The first kappa shape index (κ1) is 16.1. The van der Waals surface area contributed by atoms with Crippen molar-refractivity contribution in [2.75, 3.05) is 13.7 Å². The summed E-state index contributed by atoms with van der Waals surface area (Å²) in [5.41, 5.74) is 2.05. The zero-order valence-corrected chi connectivity index (χ0v) is 13.1. The van der Waals surface area contributed by atoms with E-state index in [1.54, 1.807) is 13.2 Å². The third-order valence-electron chi connectivity index (χ3n) is 3.14. The smallest absolute Gasteiger partial charge is 0.244 e. The monoisotopic (exact) mass is 315 g/mol. The Kier molecular flexibility index (Phi) is 6.04. The summed E-state index contributed by atoms with van der Waals surface area (Å²) < 4.78 is 5.09. The molecule has 1 amide bonds. The molecule has 22 heavy (non-hydrogen) atoms. The second kappa shape index (κ2) is 8.25. The van der Waals surface area contributed by atoms with Crippen LogP contribution in [-0.4, -0.2) is 19.6 Å². The quantitative estimate of drug-likeness (QED) is 0.825. The highest BCUT2D eigenvalue weighted by molar-refractivity contribution is 6.30. The van der Waals surface area contributed by atoms with Crippen LogP contribution in [0.1, 0.15) is 11.1 Å². The van der Waals surface area contributed by atoms with Gasteiger partial charge in [0.1, 0.15) is 5.75 Å². The zero-order chi connectivity index (χ0) is 15.8. The van der Waals surface area contributed by atoms with Crippen molar-refractivity contribution in [1.29, 1.82) is 0 Å². The average Bonchev–Trinajstić information content (AvgIpc) is 2.53. The molecule has 0 aromatic heterocycles. The van der Waals surface area contributed by atoms with Crippen molar-refractivity contribution in [3.63, 3.8) is 0 Å². The second-order valence-corrected chi connectivity index (χ2v) is 5.21. The Hall–Kier alpha value is -2.26. The van der Waals surface area contributed by atoms with E-state index in [0.29, 0.717) is 11.6 Å². The highest BCUT2D eigenvalue weighted by atomic mass is 35.5. The first-order valence-corrected chi connectivity index (χ1v) is 7.39. The lowest BCUT2D eigenvalue weighted by atomic mass is 10.1. The Labute approximate surface area is 135 Å². The SMILES string of the molecule is COc1ccc(/C=C/C(=O)NCCc2cccc(Cl)c2)cc1. The molecule has 2 aromatic carbocycles. The van der Waals surface area contributed by atoms with E-state index in [1.165, 1.54) is 6.08 Å². The molecule has 0 bridgehead atoms. The average molecular weight is 316 g/mol. The molecule has 0 atom stereocenters. The van der Waals surface area contributed by atoms with Gasteiger partial charge in [-0.1, -0.05) is 35.9 Å². The molecule has 0 spiro atoms. The summed E-state index contributed by atoms with van der Waals surface area (Å²) in [5, 5.41) is 3.56. The maximum Gasteiger partial charge on any atom is 0.244 e. The van der Waals surface area contributed by atoms with Gasteiger partial charge in [0.2, 0.25) is 5.91 Å². The number of nitrogens with one attached hydrogen (secondary N) is 1. The maximum absolute atomic E-state index is 11.7. The molecule has 0 aliphatic heterocycles. The predicted molar refractivity (Wildman–Crippen MR) is 90.2 cm³/mol. The van der Waals surface area contributed by atoms with E-state index in [1.807, 2.05) is 48.5 Å². The van der Waals surface area contributed by atoms with Crippen LogP contribution in [0.3, 0.4) is 0 Å². The summed E-state index contributed by atoms with van der Waals surface area (Å²) in [6, 6.07) is 15.1. The lowest BCUT2D eigenvalue weighted by Crippen LogP contribution is -2.23. The minimum atomic E-state index is -0.113. The van der Waals surface area contributed by atoms with E-state index in [-0.39, 0.29) is 5.91 Å². The van der Waals surface area contributed by atoms with Crippen molar-refractivity contribution in [3.8, 4) is 5.75 Å². The predicted octanol–water partition coefficient (Wildman–Crippen LogP) is 3.72. The topological polar surface area (TPSA) is 38.3 Å². The number of halogens is 1. The molecular weight excluding hydrogens is 298 g/mol. The van der Waals surface area contributed by atoms with Gasteiger partial charge in [0.25, 0.3) is 0 Å². The molecule has 0 aliphatic carbocycles. The molecule has 4 heteroatoms. The van der Waals surface area contributed by atoms with Crippen molar-refractivity contribution < 1.29 is 9.53 Å². The Bertz CT molecular complexity index is 650. The van der Waals surface area contributed by atoms with Crippen molar-refractivity contribution in [2.24, 2.45) is 0 Å². The van der Waals surface area contributed by atoms with Crippen molar-refractivity contribution >= 4 is 23.6 Å². The molecule has 0 fully saturated rings. The minimum absolute atomic E-state index is 0.113. The fourth-order valence-electron chi connectivity index (χ4n) is 1.97. The van der Waals surface area contributed by atoms with E-state index in [0.717, 1.165) is 23.3 Å². The van der Waals surface area contributed by atoms with E-state index >= 15 is 0 Å². The lowest BCUT2D eigenvalue weighted by Gasteiger charge is -2.03. The van der Waals surface area contributed by atoms with Crippen molar-refractivity contribution in [2.45, 2.75) is 6.42 Å². The number of amides is 1. The van der Waals surface area contributed by atoms with E-state index in [4.69, 9.17) is 16.3 Å². The summed E-state index contributed by atoms with van der Waals surface area (Å²) >= 11 is 5.92. The van der Waals surface area contributed by atoms with Crippen LogP contribution in [0.2, 0.25) is 5.02 Å². The number of carbonyl (C=O) groups is 1. The number of ether oxygens (including phenoxy) is 1. The number of benzene rings is 2. The highest BCUT2D eigenvalue weighted by Crippen LogP contribution is 2.12. The van der Waals surface area contributed by atoms with Gasteiger partial charge >= 0.3 is 0 Å². The van der Waals surface area contributed by atoms with Gasteiger partial charge in [0, 0.05) is 17.6 Å². The number of carbonyl (C=O) groups excluding carboxylic acids is 1. The molecule has 0 saturated carbocycles. The first-order chi connectivity index (χ1) is 10.7. The number of hydrogen-bond acceptors (Lipinski definition) is 2. The Balaban J connectivity index is 1.78. The lowest BCUT2D eigenvalue weighted by molar-refractivity contribution is -0.116. The van der Waals surface area contributed by atoms with E-state index < -0.39 is 0 Å².